The molecule has 0 aliphatic heterocycles. The van der Waals surface area contributed by atoms with Gasteiger partial charge in [0, 0.05) is 31.0 Å². The third-order valence-electron chi connectivity index (χ3n) is 5.91. The maximum Gasteiger partial charge on any atom is 0.243 e. The van der Waals surface area contributed by atoms with Crippen molar-refractivity contribution in [3.8, 4) is 5.75 Å². The van der Waals surface area contributed by atoms with E-state index in [0.29, 0.717) is 43.3 Å². The lowest BCUT2D eigenvalue weighted by atomic mass is 10.0. The van der Waals surface area contributed by atoms with Crippen molar-refractivity contribution in [1.29, 1.82) is 0 Å². The van der Waals surface area contributed by atoms with E-state index in [2.05, 4.69) is 5.32 Å². The minimum atomic E-state index is -0.607. The van der Waals surface area contributed by atoms with Crippen LogP contribution in [0.4, 0.5) is 0 Å². The predicted molar refractivity (Wildman–Crippen MR) is 145 cm³/mol. The highest BCUT2D eigenvalue weighted by Gasteiger charge is 2.30. The molecule has 0 saturated carbocycles. The Bertz CT molecular complexity index is 1090. The molecule has 0 aliphatic carbocycles. The van der Waals surface area contributed by atoms with Crippen molar-refractivity contribution in [2.24, 2.45) is 0 Å². The molecule has 3 aromatic rings. The lowest BCUT2D eigenvalue weighted by Crippen LogP contribution is -2.50. The molecule has 3 aromatic carbocycles. The van der Waals surface area contributed by atoms with Crippen LogP contribution in [0.15, 0.2) is 78.9 Å². The van der Waals surface area contributed by atoms with Crippen LogP contribution in [-0.4, -0.2) is 35.9 Å². The summed E-state index contributed by atoms with van der Waals surface area (Å²) in [6.45, 7) is 5.39. The van der Waals surface area contributed by atoms with Gasteiger partial charge in [-0.3, -0.25) is 9.59 Å². The molecular formula is C30H35ClN2O3. The second-order valence-electron chi connectivity index (χ2n) is 8.91. The first-order chi connectivity index (χ1) is 17.5. The van der Waals surface area contributed by atoms with Crippen molar-refractivity contribution >= 4 is 23.4 Å². The van der Waals surface area contributed by atoms with Crippen molar-refractivity contribution < 1.29 is 14.3 Å². The first-order valence-corrected chi connectivity index (χ1v) is 12.9. The zero-order chi connectivity index (χ0) is 25.8. The Morgan fingerprint density at radius 2 is 1.64 bits per heavy atom. The third kappa shape index (κ3) is 8.72. The summed E-state index contributed by atoms with van der Waals surface area (Å²) in [5.74, 6) is 0.519. The Labute approximate surface area is 219 Å². The van der Waals surface area contributed by atoms with Crippen molar-refractivity contribution in [2.75, 3.05) is 13.2 Å². The fraction of sp³-hybridized carbons (Fsp3) is 0.333. The van der Waals surface area contributed by atoms with Crippen LogP contribution in [0.2, 0.25) is 5.02 Å². The Morgan fingerprint density at radius 3 is 2.31 bits per heavy atom. The number of benzene rings is 3. The van der Waals surface area contributed by atoms with Crippen LogP contribution < -0.4 is 10.1 Å². The molecule has 0 aromatic heterocycles. The van der Waals surface area contributed by atoms with Gasteiger partial charge in [0.05, 0.1) is 6.61 Å². The number of ether oxygens (including phenoxy) is 1. The van der Waals surface area contributed by atoms with E-state index in [1.54, 1.807) is 17.0 Å². The summed E-state index contributed by atoms with van der Waals surface area (Å²) in [6.07, 6.45) is 2.11. The maximum atomic E-state index is 13.6. The van der Waals surface area contributed by atoms with Crippen LogP contribution >= 0.6 is 11.6 Å². The predicted octanol–water partition coefficient (Wildman–Crippen LogP) is 5.97. The normalized spacial score (nSPS) is 11.5. The number of hydrogen-bond donors (Lipinski definition) is 1. The Kier molecular flexibility index (Phi) is 10.8. The molecule has 6 heteroatoms. The van der Waals surface area contributed by atoms with Crippen LogP contribution in [-0.2, 0) is 22.6 Å². The smallest absolute Gasteiger partial charge is 0.243 e. The molecule has 5 nitrogen and oxygen atoms in total. The van der Waals surface area contributed by atoms with E-state index >= 15 is 0 Å². The van der Waals surface area contributed by atoms with E-state index in [1.165, 1.54) is 0 Å². The molecule has 0 unspecified atom stereocenters. The summed E-state index contributed by atoms with van der Waals surface area (Å²) >= 11 is 5.93. The monoisotopic (exact) mass is 506 g/mol. The molecule has 0 bridgehead atoms. The van der Waals surface area contributed by atoms with Gasteiger partial charge in [-0.15, -0.1) is 0 Å². The van der Waals surface area contributed by atoms with Crippen LogP contribution in [0.3, 0.4) is 0 Å². The summed E-state index contributed by atoms with van der Waals surface area (Å²) in [4.78, 5) is 28.6. The van der Waals surface area contributed by atoms with Gasteiger partial charge < -0.3 is 15.0 Å². The van der Waals surface area contributed by atoms with E-state index in [4.69, 9.17) is 16.3 Å². The summed E-state index contributed by atoms with van der Waals surface area (Å²) < 4.78 is 5.77. The summed E-state index contributed by atoms with van der Waals surface area (Å²) in [5.41, 5.74) is 3.16. The highest BCUT2D eigenvalue weighted by atomic mass is 35.5. The number of carbonyl (C=O) groups is 2. The van der Waals surface area contributed by atoms with E-state index in [9.17, 15) is 9.59 Å². The van der Waals surface area contributed by atoms with Crippen molar-refractivity contribution in [1.82, 2.24) is 10.2 Å². The number of nitrogens with zero attached hydrogens (tertiary/aromatic N) is 1. The van der Waals surface area contributed by atoms with Gasteiger partial charge in [-0.2, -0.15) is 0 Å². The zero-order valence-electron chi connectivity index (χ0n) is 21.1. The van der Waals surface area contributed by atoms with Gasteiger partial charge in [0.15, 0.2) is 0 Å². The van der Waals surface area contributed by atoms with Gasteiger partial charge in [-0.25, -0.2) is 0 Å². The molecule has 1 N–H and O–H groups in total. The molecule has 0 radical (unpaired) electrons. The van der Waals surface area contributed by atoms with Gasteiger partial charge in [-0.1, -0.05) is 78.7 Å². The molecule has 2 amide bonds. The lowest BCUT2D eigenvalue weighted by molar-refractivity contribution is -0.141. The Hall–Kier alpha value is -3.31. The van der Waals surface area contributed by atoms with E-state index in [0.717, 1.165) is 23.1 Å². The van der Waals surface area contributed by atoms with Crippen LogP contribution in [0, 0.1) is 6.92 Å². The van der Waals surface area contributed by atoms with Crippen LogP contribution in [0.5, 0.6) is 5.75 Å². The van der Waals surface area contributed by atoms with Crippen molar-refractivity contribution in [3.05, 3.63) is 101 Å². The van der Waals surface area contributed by atoms with Gasteiger partial charge >= 0.3 is 0 Å². The Morgan fingerprint density at radius 1 is 0.944 bits per heavy atom. The second-order valence-corrected chi connectivity index (χ2v) is 9.35. The number of nitrogens with one attached hydrogen (secondary N) is 1. The van der Waals surface area contributed by atoms with Crippen molar-refractivity contribution in [3.63, 3.8) is 0 Å². The van der Waals surface area contributed by atoms with E-state index < -0.39 is 6.04 Å². The maximum absolute atomic E-state index is 13.6. The fourth-order valence-electron chi connectivity index (χ4n) is 3.90. The third-order valence-corrected chi connectivity index (χ3v) is 6.16. The summed E-state index contributed by atoms with van der Waals surface area (Å²) in [5, 5.41) is 3.66. The number of aryl methyl sites for hydroxylation is 1. The molecule has 0 aliphatic rings. The number of rotatable bonds is 13. The molecule has 190 valence electrons. The topological polar surface area (TPSA) is 58.6 Å². The van der Waals surface area contributed by atoms with E-state index in [1.807, 2.05) is 80.6 Å². The molecule has 0 spiro atoms. The number of hydrogen-bond acceptors (Lipinski definition) is 3. The molecule has 3 rings (SSSR count). The molecule has 1 atom stereocenters. The summed E-state index contributed by atoms with van der Waals surface area (Å²) in [6, 6.07) is 24.5. The zero-order valence-corrected chi connectivity index (χ0v) is 21.8. The minimum Gasteiger partial charge on any atom is -0.494 e. The SMILES string of the molecule is CCCNC(=O)[C@@H](Cc1ccccc1)N(Cc1ccc(C)cc1)C(=O)CCCOc1ccc(Cl)cc1. The Balaban J connectivity index is 1.76. The van der Waals surface area contributed by atoms with Gasteiger partial charge in [-0.05, 0) is 55.2 Å². The highest BCUT2D eigenvalue weighted by molar-refractivity contribution is 6.30. The molecule has 0 saturated heterocycles. The van der Waals surface area contributed by atoms with Crippen molar-refractivity contribution in [2.45, 2.75) is 52.1 Å². The number of carbonyl (C=O) groups excluding carboxylic acids is 2. The van der Waals surface area contributed by atoms with Gasteiger partial charge in [0.25, 0.3) is 0 Å². The molecule has 36 heavy (non-hydrogen) atoms. The molecule has 0 heterocycles. The minimum absolute atomic E-state index is 0.0668. The second kappa shape index (κ2) is 14.3. The standard InChI is InChI=1S/C30H35ClN2O3/c1-3-19-32-30(35)28(21-24-8-5-4-6-9-24)33(22-25-13-11-23(2)12-14-25)29(34)10-7-20-36-27-17-15-26(31)16-18-27/h4-6,8-9,11-18,28H,3,7,10,19-22H2,1-2H3,(H,32,35)/t28-/m1/s1. The quantitative estimate of drug-likeness (QED) is 0.290. The van der Waals surface area contributed by atoms with Gasteiger partial charge in [0.2, 0.25) is 11.8 Å². The molecule has 0 fully saturated rings. The highest BCUT2D eigenvalue weighted by Crippen LogP contribution is 2.18. The van der Waals surface area contributed by atoms with Crippen LogP contribution in [0.25, 0.3) is 0 Å². The average molecular weight is 507 g/mol. The molecular weight excluding hydrogens is 472 g/mol. The van der Waals surface area contributed by atoms with E-state index in [-0.39, 0.29) is 18.2 Å². The summed E-state index contributed by atoms with van der Waals surface area (Å²) in [7, 11) is 0. The number of halogens is 1. The average Bonchev–Trinajstić information content (AvgIpc) is 2.89. The lowest BCUT2D eigenvalue weighted by Gasteiger charge is -2.31. The number of amides is 2. The first-order valence-electron chi connectivity index (χ1n) is 12.5. The van der Waals surface area contributed by atoms with Gasteiger partial charge in [0.1, 0.15) is 11.8 Å². The first kappa shape index (κ1) is 27.3. The van der Waals surface area contributed by atoms with Crippen LogP contribution in [0.1, 0.15) is 42.9 Å². The fourth-order valence-corrected chi connectivity index (χ4v) is 4.02. The largest absolute Gasteiger partial charge is 0.494 e.